The highest BCUT2D eigenvalue weighted by atomic mass is 15.1. The lowest BCUT2D eigenvalue weighted by Gasteiger charge is -2.30. The largest absolute Gasteiger partial charge is 0.314 e. The van der Waals surface area contributed by atoms with Crippen LogP contribution >= 0.6 is 0 Å². The Morgan fingerprint density at radius 3 is 2.24 bits per heavy atom. The Morgan fingerprint density at radius 1 is 1.06 bits per heavy atom. The highest BCUT2D eigenvalue weighted by Gasteiger charge is 2.18. The normalized spacial score (nSPS) is 16.8. The van der Waals surface area contributed by atoms with Crippen LogP contribution in [0.3, 0.4) is 0 Å². The SMILES string of the molecule is CCN(CC)CCNCCN(C)CC1CCC1. The summed E-state index contributed by atoms with van der Waals surface area (Å²) in [4.78, 5) is 4.94. The predicted molar refractivity (Wildman–Crippen MR) is 75.5 cm³/mol. The molecule has 0 radical (unpaired) electrons. The molecular formula is C14H31N3. The Balaban J connectivity index is 1.88. The Hall–Kier alpha value is -0.120. The average molecular weight is 241 g/mol. The van der Waals surface area contributed by atoms with Crippen molar-refractivity contribution in [1.29, 1.82) is 0 Å². The molecule has 102 valence electrons. The van der Waals surface area contributed by atoms with Crippen molar-refractivity contribution in [2.45, 2.75) is 33.1 Å². The molecule has 3 heteroatoms. The molecule has 1 aliphatic rings. The zero-order valence-corrected chi connectivity index (χ0v) is 12.0. The maximum atomic E-state index is 3.54. The molecule has 0 bridgehead atoms. The van der Waals surface area contributed by atoms with E-state index in [9.17, 15) is 0 Å². The molecule has 1 aliphatic carbocycles. The fourth-order valence-corrected chi connectivity index (χ4v) is 2.38. The number of nitrogens with one attached hydrogen (secondary N) is 1. The summed E-state index contributed by atoms with van der Waals surface area (Å²) in [6, 6.07) is 0. The van der Waals surface area contributed by atoms with Crippen molar-refractivity contribution in [3.63, 3.8) is 0 Å². The van der Waals surface area contributed by atoms with Gasteiger partial charge in [-0.25, -0.2) is 0 Å². The van der Waals surface area contributed by atoms with Crippen molar-refractivity contribution >= 4 is 0 Å². The highest BCUT2D eigenvalue weighted by molar-refractivity contribution is 4.72. The van der Waals surface area contributed by atoms with Gasteiger partial charge >= 0.3 is 0 Å². The van der Waals surface area contributed by atoms with Gasteiger partial charge in [0.2, 0.25) is 0 Å². The molecule has 3 nitrogen and oxygen atoms in total. The Morgan fingerprint density at radius 2 is 1.71 bits per heavy atom. The number of hydrogen-bond donors (Lipinski definition) is 1. The second-order valence-electron chi connectivity index (χ2n) is 5.34. The van der Waals surface area contributed by atoms with Crippen LogP contribution in [0.4, 0.5) is 0 Å². The first-order valence-electron chi connectivity index (χ1n) is 7.37. The Labute approximate surface area is 108 Å². The number of hydrogen-bond acceptors (Lipinski definition) is 3. The maximum Gasteiger partial charge on any atom is 0.0107 e. The van der Waals surface area contributed by atoms with E-state index >= 15 is 0 Å². The molecule has 0 unspecified atom stereocenters. The molecule has 0 amide bonds. The van der Waals surface area contributed by atoms with Gasteiger partial charge in [-0.1, -0.05) is 20.3 Å². The molecule has 17 heavy (non-hydrogen) atoms. The summed E-state index contributed by atoms with van der Waals surface area (Å²) in [5, 5.41) is 3.54. The van der Waals surface area contributed by atoms with Gasteiger partial charge in [0.05, 0.1) is 0 Å². The van der Waals surface area contributed by atoms with E-state index in [4.69, 9.17) is 0 Å². The van der Waals surface area contributed by atoms with Gasteiger partial charge in [0.15, 0.2) is 0 Å². The minimum atomic E-state index is 0.996. The van der Waals surface area contributed by atoms with E-state index in [2.05, 4.69) is 36.0 Å². The van der Waals surface area contributed by atoms with E-state index in [0.717, 1.165) is 19.0 Å². The van der Waals surface area contributed by atoms with Gasteiger partial charge in [0.1, 0.15) is 0 Å². The Kier molecular flexibility index (Phi) is 7.82. The van der Waals surface area contributed by atoms with E-state index in [1.807, 2.05) is 0 Å². The summed E-state index contributed by atoms with van der Waals surface area (Å²) in [6.45, 7) is 12.7. The molecule has 1 fully saturated rings. The van der Waals surface area contributed by atoms with Crippen LogP contribution in [-0.4, -0.2) is 62.7 Å². The van der Waals surface area contributed by atoms with E-state index in [1.54, 1.807) is 0 Å². The molecule has 0 atom stereocenters. The zero-order chi connectivity index (χ0) is 12.5. The van der Waals surface area contributed by atoms with Gasteiger partial charge in [-0.2, -0.15) is 0 Å². The third-order valence-corrected chi connectivity index (χ3v) is 3.96. The molecule has 1 N–H and O–H groups in total. The van der Waals surface area contributed by atoms with Crippen molar-refractivity contribution in [3.8, 4) is 0 Å². The lowest BCUT2D eigenvalue weighted by atomic mass is 9.85. The average Bonchev–Trinajstić information content (AvgIpc) is 2.28. The second kappa shape index (κ2) is 8.90. The first-order valence-corrected chi connectivity index (χ1v) is 7.37. The topological polar surface area (TPSA) is 18.5 Å². The molecule has 0 spiro atoms. The number of likely N-dealkylation sites (N-methyl/N-ethyl adjacent to an activating group) is 2. The molecule has 0 aliphatic heterocycles. The summed E-state index contributed by atoms with van der Waals surface area (Å²) in [5.74, 6) is 0.996. The van der Waals surface area contributed by atoms with Crippen LogP contribution in [0.5, 0.6) is 0 Å². The highest BCUT2D eigenvalue weighted by Crippen LogP contribution is 2.26. The van der Waals surface area contributed by atoms with E-state index < -0.39 is 0 Å². The van der Waals surface area contributed by atoms with Crippen LogP contribution in [0.15, 0.2) is 0 Å². The molecule has 0 saturated heterocycles. The second-order valence-corrected chi connectivity index (χ2v) is 5.34. The molecule has 0 heterocycles. The van der Waals surface area contributed by atoms with Crippen molar-refractivity contribution in [1.82, 2.24) is 15.1 Å². The fourth-order valence-electron chi connectivity index (χ4n) is 2.38. The van der Waals surface area contributed by atoms with Gasteiger partial charge in [-0.15, -0.1) is 0 Å². The zero-order valence-electron chi connectivity index (χ0n) is 12.0. The monoisotopic (exact) mass is 241 g/mol. The standard InChI is InChI=1S/C14H31N3/c1-4-17(5-2)12-10-15-9-11-16(3)13-14-7-6-8-14/h14-15H,4-13H2,1-3H3. The van der Waals surface area contributed by atoms with Gasteiger partial charge < -0.3 is 15.1 Å². The van der Waals surface area contributed by atoms with Gasteiger partial charge in [0, 0.05) is 32.7 Å². The van der Waals surface area contributed by atoms with Crippen molar-refractivity contribution in [3.05, 3.63) is 0 Å². The van der Waals surface area contributed by atoms with Gasteiger partial charge in [0.25, 0.3) is 0 Å². The Bertz CT molecular complexity index is 176. The van der Waals surface area contributed by atoms with Crippen LogP contribution < -0.4 is 5.32 Å². The fraction of sp³-hybridized carbons (Fsp3) is 1.00. The summed E-state index contributed by atoms with van der Waals surface area (Å²) < 4.78 is 0. The summed E-state index contributed by atoms with van der Waals surface area (Å²) >= 11 is 0. The van der Waals surface area contributed by atoms with Crippen molar-refractivity contribution in [2.24, 2.45) is 5.92 Å². The van der Waals surface area contributed by atoms with Crippen LogP contribution in [0.1, 0.15) is 33.1 Å². The van der Waals surface area contributed by atoms with Gasteiger partial charge in [-0.3, -0.25) is 0 Å². The maximum absolute atomic E-state index is 3.54. The van der Waals surface area contributed by atoms with E-state index in [1.165, 1.54) is 52.0 Å². The number of nitrogens with zero attached hydrogens (tertiary/aromatic N) is 2. The minimum Gasteiger partial charge on any atom is -0.314 e. The van der Waals surface area contributed by atoms with Gasteiger partial charge in [-0.05, 0) is 38.9 Å². The van der Waals surface area contributed by atoms with Crippen molar-refractivity contribution in [2.75, 3.05) is 52.9 Å². The van der Waals surface area contributed by atoms with Crippen LogP contribution in [0.2, 0.25) is 0 Å². The summed E-state index contributed by atoms with van der Waals surface area (Å²) in [5.41, 5.74) is 0. The first-order chi connectivity index (χ1) is 8.26. The smallest absolute Gasteiger partial charge is 0.0107 e. The van der Waals surface area contributed by atoms with E-state index in [-0.39, 0.29) is 0 Å². The van der Waals surface area contributed by atoms with E-state index in [0.29, 0.717) is 0 Å². The predicted octanol–water partition coefficient (Wildman–Crippen LogP) is 1.65. The van der Waals surface area contributed by atoms with Crippen molar-refractivity contribution < 1.29 is 0 Å². The summed E-state index contributed by atoms with van der Waals surface area (Å²) in [7, 11) is 2.25. The molecule has 1 saturated carbocycles. The quantitative estimate of drug-likeness (QED) is 0.587. The molecule has 1 rings (SSSR count). The van der Waals surface area contributed by atoms with Crippen LogP contribution in [0, 0.1) is 5.92 Å². The number of rotatable bonds is 10. The molecule has 0 aromatic carbocycles. The van der Waals surface area contributed by atoms with Crippen LogP contribution in [0.25, 0.3) is 0 Å². The molecule has 0 aromatic heterocycles. The lowest BCUT2D eigenvalue weighted by Crippen LogP contribution is -2.37. The minimum absolute atomic E-state index is 0.996. The third kappa shape index (κ3) is 6.39. The third-order valence-electron chi connectivity index (χ3n) is 3.96. The summed E-state index contributed by atoms with van der Waals surface area (Å²) in [6.07, 6.45) is 4.38. The first kappa shape index (κ1) is 14.9. The lowest BCUT2D eigenvalue weighted by molar-refractivity contribution is 0.205. The molecular weight excluding hydrogens is 210 g/mol. The molecule has 0 aromatic rings. The van der Waals surface area contributed by atoms with Crippen LogP contribution in [-0.2, 0) is 0 Å².